The van der Waals surface area contributed by atoms with E-state index in [-0.39, 0.29) is 18.2 Å². The van der Waals surface area contributed by atoms with Crippen LogP contribution in [-0.2, 0) is 4.79 Å². The predicted octanol–water partition coefficient (Wildman–Crippen LogP) is 2.67. The van der Waals surface area contributed by atoms with Crippen molar-refractivity contribution in [3.05, 3.63) is 54.1 Å². The molecule has 1 aliphatic carbocycles. The number of benzene rings is 2. The van der Waals surface area contributed by atoms with E-state index >= 15 is 0 Å². The Balaban J connectivity index is 1.53. The molecule has 1 heterocycles. The average molecular weight is 415 g/mol. The van der Waals surface area contributed by atoms with E-state index in [9.17, 15) is 23.2 Å². The van der Waals surface area contributed by atoms with Crippen molar-refractivity contribution in [2.45, 2.75) is 25.0 Å². The second-order valence-corrected chi connectivity index (χ2v) is 7.29. The molecule has 2 fully saturated rings. The van der Waals surface area contributed by atoms with Gasteiger partial charge < -0.3 is 15.4 Å². The number of alkyl halides is 2. The van der Waals surface area contributed by atoms with Gasteiger partial charge in [0, 0.05) is 5.56 Å². The maximum Gasteiger partial charge on any atom is 0.387 e. The van der Waals surface area contributed by atoms with Gasteiger partial charge in [-0.15, -0.1) is 0 Å². The van der Waals surface area contributed by atoms with Crippen molar-refractivity contribution in [1.29, 1.82) is 0 Å². The van der Waals surface area contributed by atoms with Crippen molar-refractivity contribution in [1.82, 2.24) is 16.0 Å². The van der Waals surface area contributed by atoms with Crippen LogP contribution >= 0.6 is 0 Å². The summed E-state index contributed by atoms with van der Waals surface area (Å²) in [5, 5.41) is 7.67. The molecule has 0 spiro atoms. The van der Waals surface area contributed by atoms with Crippen LogP contribution in [0.15, 0.2) is 48.5 Å². The molecule has 0 unspecified atom stereocenters. The Kier molecular flexibility index (Phi) is 5.11. The number of imide groups is 1. The van der Waals surface area contributed by atoms with Crippen LogP contribution in [0.3, 0.4) is 0 Å². The molecule has 1 saturated carbocycles. The van der Waals surface area contributed by atoms with Gasteiger partial charge in [-0.2, -0.15) is 8.78 Å². The Morgan fingerprint density at radius 1 is 1.13 bits per heavy atom. The van der Waals surface area contributed by atoms with E-state index in [1.54, 1.807) is 36.4 Å². The fourth-order valence-corrected chi connectivity index (χ4v) is 3.70. The number of ether oxygens (including phenoxy) is 1. The number of amides is 4. The maximum absolute atomic E-state index is 12.9. The number of nitrogens with one attached hydrogen (secondary N) is 3. The summed E-state index contributed by atoms with van der Waals surface area (Å²) in [4.78, 5) is 36.9. The highest BCUT2D eigenvalue weighted by Crippen LogP contribution is 2.41. The van der Waals surface area contributed by atoms with Crippen LogP contribution in [0.2, 0.25) is 0 Å². The van der Waals surface area contributed by atoms with Crippen molar-refractivity contribution < 1.29 is 27.9 Å². The molecule has 156 valence electrons. The molecule has 2 aromatic rings. The Hall–Kier alpha value is -3.49. The molecule has 2 aliphatic rings. The van der Waals surface area contributed by atoms with Gasteiger partial charge in [-0.25, -0.2) is 4.79 Å². The Labute approximate surface area is 170 Å². The lowest BCUT2D eigenvalue weighted by Gasteiger charge is -2.26. The first-order chi connectivity index (χ1) is 14.4. The van der Waals surface area contributed by atoms with E-state index < -0.39 is 30.0 Å². The third kappa shape index (κ3) is 3.83. The van der Waals surface area contributed by atoms with E-state index in [1.165, 1.54) is 12.1 Å². The molecule has 30 heavy (non-hydrogen) atoms. The minimum Gasteiger partial charge on any atom is -0.435 e. The fraction of sp³-hybridized carbons (Fsp3) is 0.286. The van der Waals surface area contributed by atoms with Gasteiger partial charge in [-0.05, 0) is 48.1 Å². The molecule has 0 aromatic heterocycles. The van der Waals surface area contributed by atoms with Crippen molar-refractivity contribution >= 4 is 17.8 Å². The zero-order valence-electron chi connectivity index (χ0n) is 15.8. The van der Waals surface area contributed by atoms with E-state index in [4.69, 9.17) is 0 Å². The zero-order valence-corrected chi connectivity index (χ0v) is 15.8. The Morgan fingerprint density at radius 3 is 2.43 bits per heavy atom. The van der Waals surface area contributed by atoms with Crippen LogP contribution in [0.1, 0.15) is 23.2 Å². The Bertz CT molecular complexity index is 992. The summed E-state index contributed by atoms with van der Waals surface area (Å²) in [5.41, 5.74) is 0.469. The lowest BCUT2D eigenvalue weighted by molar-refractivity contribution is -0.124. The SMILES string of the molecule is O=C1NC(=O)[C@](CNC(=O)c2ccccc2-c2ccc(OC(F)F)cc2)(C2CC2)N1. The van der Waals surface area contributed by atoms with Crippen molar-refractivity contribution in [2.24, 2.45) is 5.92 Å². The highest BCUT2D eigenvalue weighted by atomic mass is 19.3. The van der Waals surface area contributed by atoms with Gasteiger partial charge in [0.1, 0.15) is 11.3 Å². The van der Waals surface area contributed by atoms with E-state index in [1.807, 2.05) is 0 Å². The number of carbonyl (C=O) groups is 3. The van der Waals surface area contributed by atoms with E-state index in [0.717, 1.165) is 12.8 Å². The van der Waals surface area contributed by atoms with E-state index in [2.05, 4.69) is 20.7 Å². The summed E-state index contributed by atoms with van der Waals surface area (Å²) in [6.07, 6.45) is 1.60. The number of rotatable bonds is 7. The molecule has 3 N–H and O–H groups in total. The monoisotopic (exact) mass is 415 g/mol. The predicted molar refractivity (Wildman–Crippen MR) is 103 cm³/mol. The molecule has 4 amide bonds. The molecule has 1 aliphatic heterocycles. The number of halogens is 2. The molecule has 4 rings (SSSR count). The highest BCUT2D eigenvalue weighted by Gasteiger charge is 2.56. The topological polar surface area (TPSA) is 96.5 Å². The average Bonchev–Trinajstić information content (AvgIpc) is 3.52. The highest BCUT2D eigenvalue weighted by molar-refractivity contribution is 6.08. The summed E-state index contributed by atoms with van der Waals surface area (Å²) in [6.45, 7) is -2.94. The summed E-state index contributed by atoms with van der Waals surface area (Å²) in [7, 11) is 0. The fourth-order valence-electron chi connectivity index (χ4n) is 3.70. The second kappa shape index (κ2) is 7.74. The van der Waals surface area contributed by atoms with E-state index in [0.29, 0.717) is 16.7 Å². The maximum atomic E-state index is 12.9. The lowest BCUT2D eigenvalue weighted by Crippen LogP contribution is -2.57. The van der Waals surface area contributed by atoms with Crippen molar-refractivity contribution in [2.75, 3.05) is 6.54 Å². The summed E-state index contributed by atoms with van der Waals surface area (Å²) < 4.78 is 29.0. The smallest absolute Gasteiger partial charge is 0.387 e. The molecule has 7 nitrogen and oxygen atoms in total. The normalized spacial score (nSPS) is 20.6. The van der Waals surface area contributed by atoms with Gasteiger partial charge in [-0.1, -0.05) is 30.3 Å². The van der Waals surface area contributed by atoms with Crippen LogP contribution in [0.4, 0.5) is 13.6 Å². The molecule has 2 aromatic carbocycles. The van der Waals surface area contributed by atoms with Gasteiger partial charge in [0.05, 0.1) is 6.54 Å². The quantitative estimate of drug-likeness (QED) is 0.606. The minimum atomic E-state index is -2.92. The first kappa shape index (κ1) is 19.8. The third-order valence-electron chi connectivity index (χ3n) is 5.33. The van der Waals surface area contributed by atoms with Gasteiger partial charge in [-0.3, -0.25) is 14.9 Å². The Morgan fingerprint density at radius 2 is 1.83 bits per heavy atom. The number of hydrogen-bond donors (Lipinski definition) is 3. The number of urea groups is 1. The molecule has 1 saturated heterocycles. The lowest BCUT2D eigenvalue weighted by atomic mass is 9.92. The van der Waals surface area contributed by atoms with Crippen LogP contribution < -0.4 is 20.7 Å². The van der Waals surface area contributed by atoms with Crippen LogP contribution in [0, 0.1) is 5.92 Å². The minimum absolute atomic E-state index is 0.0122. The van der Waals surface area contributed by atoms with Gasteiger partial charge in [0.15, 0.2) is 0 Å². The standard InChI is InChI=1S/C21H19F2N3O4/c22-19(23)30-14-9-5-12(6-10-14)15-3-1-2-4-16(15)17(27)24-11-21(13-7-8-13)18(28)25-20(29)26-21/h1-6,9-10,13,19H,7-8,11H2,(H,24,27)(H2,25,26,28,29)/t21-/m0/s1. The first-order valence-corrected chi connectivity index (χ1v) is 9.45. The van der Waals surface area contributed by atoms with Gasteiger partial charge in [0.2, 0.25) is 0 Å². The molecular formula is C21H19F2N3O4. The van der Waals surface area contributed by atoms with Crippen LogP contribution in [0.25, 0.3) is 11.1 Å². The van der Waals surface area contributed by atoms with Gasteiger partial charge >= 0.3 is 12.6 Å². The third-order valence-corrected chi connectivity index (χ3v) is 5.33. The second-order valence-electron chi connectivity index (χ2n) is 7.29. The molecule has 0 radical (unpaired) electrons. The zero-order chi connectivity index (χ0) is 21.3. The van der Waals surface area contributed by atoms with Crippen molar-refractivity contribution in [3.63, 3.8) is 0 Å². The summed E-state index contributed by atoms with van der Waals surface area (Å²) >= 11 is 0. The molecule has 1 atom stereocenters. The molecule has 0 bridgehead atoms. The summed E-state index contributed by atoms with van der Waals surface area (Å²) in [5.74, 6) is -0.836. The van der Waals surface area contributed by atoms with Crippen LogP contribution in [-0.4, -0.2) is 36.5 Å². The number of carbonyl (C=O) groups excluding carboxylic acids is 3. The molecular weight excluding hydrogens is 396 g/mol. The van der Waals surface area contributed by atoms with Crippen LogP contribution in [0.5, 0.6) is 5.75 Å². The number of hydrogen-bond acceptors (Lipinski definition) is 4. The first-order valence-electron chi connectivity index (χ1n) is 9.45. The van der Waals surface area contributed by atoms with Crippen molar-refractivity contribution in [3.8, 4) is 16.9 Å². The largest absolute Gasteiger partial charge is 0.435 e. The summed E-state index contributed by atoms with van der Waals surface area (Å²) in [6, 6.07) is 12.2. The molecule has 9 heteroatoms. The van der Waals surface area contributed by atoms with Gasteiger partial charge in [0.25, 0.3) is 11.8 Å².